The maximum atomic E-state index is 10.2. The Balaban J connectivity index is 1.48. The summed E-state index contributed by atoms with van der Waals surface area (Å²) < 4.78 is 5.73. The van der Waals surface area contributed by atoms with Crippen molar-refractivity contribution in [2.75, 3.05) is 18.0 Å². The van der Waals surface area contributed by atoms with E-state index in [0.29, 0.717) is 16.5 Å². The molecule has 1 aliphatic heterocycles. The third-order valence-corrected chi connectivity index (χ3v) is 4.47. The molecular weight excluding hydrogens is 278 g/mol. The van der Waals surface area contributed by atoms with Crippen LogP contribution in [0.2, 0.25) is 5.02 Å². The van der Waals surface area contributed by atoms with Crippen LogP contribution < -0.4 is 4.90 Å². The highest BCUT2D eigenvalue weighted by Crippen LogP contribution is 2.50. The van der Waals surface area contributed by atoms with Crippen molar-refractivity contribution in [3.05, 3.63) is 23.2 Å². The minimum atomic E-state index is 0.164. The molecular formula is C14H12ClN3O2. The minimum absolute atomic E-state index is 0.164. The zero-order chi connectivity index (χ0) is 13.7. The fraction of sp³-hybridized carbons (Fsp3) is 0.429. The summed E-state index contributed by atoms with van der Waals surface area (Å²) in [7, 11) is 0. The molecule has 4 rings (SSSR count). The summed E-state index contributed by atoms with van der Waals surface area (Å²) in [5.74, 6) is 0. The van der Waals surface area contributed by atoms with Crippen LogP contribution in [0.5, 0.6) is 0 Å². The van der Waals surface area contributed by atoms with E-state index >= 15 is 0 Å². The van der Waals surface area contributed by atoms with Gasteiger partial charge in [-0.3, -0.25) is 0 Å². The fourth-order valence-corrected chi connectivity index (χ4v) is 3.45. The van der Waals surface area contributed by atoms with Crippen LogP contribution in [0.15, 0.2) is 27.6 Å². The standard InChI is InChI=1S/C14H12ClN3O2/c15-9-1-2-12-11(3-9)17-13(20-12)18-6-14(7-18)4-10(5-14)16-8-19/h1-3,10H,4-7H2. The summed E-state index contributed by atoms with van der Waals surface area (Å²) in [5, 5.41) is 0.658. The van der Waals surface area contributed by atoms with Crippen molar-refractivity contribution >= 4 is 34.8 Å². The second-order valence-electron chi connectivity index (χ2n) is 5.75. The van der Waals surface area contributed by atoms with Gasteiger partial charge in [-0.25, -0.2) is 9.79 Å². The first-order valence-corrected chi connectivity index (χ1v) is 6.93. The van der Waals surface area contributed by atoms with Gasteiger partial charge in [0.2, 0.25) is 6.08 Å². The number of hydrogen-bond acceptors (Lipinski definition) is 5. The third kappa shape index (κ3) is 1.74. The summed E-state index contributed by atoms with van der Waals surface area (Å²) in [5.41, 5.74) is 1.83. The van der Waals surface area contributed by atoms with Gasteiger partial charge in [0.15, 0.2) is 5.58 Å². The molecule has 102 valence electrons. The highest BCUT2D eigenvalue weighted by molar-refractivity contribution is 6.31. The Morgan fingerprint density at radius 2 is 2.25 bits per heavy atom. The van der Waals surface area contributed by atoms with Gasteiger partial charge in [-0.2, -0.15) is 4.98 Å². The summed E-state index contributed by atoms with van der Waals surface area (Å²) in [6.45, 7) is 1.83. The number of isocyanates is 1. The first-order chi connectivity index (χ1) is 9.67. The minimum Gasteiger partial charge on any atom is -0.423 e. The van der Waals surface area contributed by atoms with Gasteiger partial charge in [0, 0.05) is 23.5 Å². The molecule has 1 saturated heterocycles. The molecule has 5 nitrogen and oxygen atoms in total. The zero-order valence-corrected chi connectivity index (χ0v) is 11.4. The molecule has 0 N–H and O–H groups in total. The average Bonchev–Trinajstić information content (AvgIpc) is 2.72. The van der Waals surface area contributed by atoms with Crippen LogP contribution in [0.3, 0.4) is 0 Å². The lowest BCUT2D eigenvalue weighted by atomic mass is 9.61. The molecule has 6 heteroatoms. The molecule has 2 heterocycles. The molecule has 20 heavy (non-hydrogen) atoms. The van der Waals surface area contributed by atoms with Gasteiger partial charge in [0.05, 0.1) is 6.04 Å². The van der Waals surface area contributed by atoms with E-state index in [0.717, 1.165) is 37.0 Å². The van der Waals surface area contributed by atoms with Crippen LogP contribution in [0.1, 0.15) is 12.8 Å². The van der Waals surface area contributed by atoms with Gasteiger partial charge in [-0.05, 0) is 31.0 Å². The molecule has 2 aliphatic rings. The highest BCUT2D eigenvalue weighted by atomic mass is 35.5. The van der Waals surface area contributed by atoms with Crippen LogP contribution in [0.25, 0.3) is 11.1 Å². The van der Waals surface area contributed by atoms with Crippen molar-refractivity contribution in [2.45, 2.75) is 18.9 Å². The van der Waals surface area contributed by atoms with Crippen LogP contribution in [-0.4, -0.2) is 30.2 Å². The number of oxazole rings is 1. The molecule has 0 amide bonds. The highest BCUT2D eigenvalue weighted by Gasteiger charge is 2.53. The van der Waals surface area contributed by atoms with E-state index in [9.17, 15) is 4.79 Å². The lowest BCUT2D eigenvalue weighted by molar-refractivity contribution is 0.0635. The number of halogens is 1. The maximum Gasteiger partial charge on any atom is 0.298 e. The van der Waals surface area contributed by atoms with E-state index in [4.69, 9.17) is 16.0 Å². The molecule has 0 unspecified atom stereocenters. The predicted octanol–water partition coefficient (Wildman–Crippen LogP) is 2.79. The molecule has 2 aromatic rings. The molecule has 1 aromatic carbocycles. The Bertz CT molecular complexity index is 721. The number of nitrogens with zero attached hydrogens (tertiary/aromatic N) is 3. The number of hydrogen-bond donors (Lipinski definition) is 0. The van der Waals surface area contributed by atoms with Crippen LogP contribution in [0.4, 0.5) is 6.01 Å². The smallest absolute Gasteiger partial charge is 0.298 e. The van der Waals surface area contributed by atoms with Crippen molar-refractivity contribution in [1.82, 2.24) is 4.98 Å². The van der Waals surface area contributed by atoms with Crippen molar-refractivity contribution in [2.24, 2.45) is 10.4 Å². The molecule has 1 spiro atoms. The third-order valence-electron chi connectivity index (χ3n) is 4.23. The van der Waals surface area contributed by atoms with E-state index in [-0.39, 0.29) is 6.04 Å². The Kier molecular flexibility index (Phi) is 2.43. The van der Waals surface area contributed by atoms with Crippen molar-refractivity contribution in [1.29, 1.82) is 0 Å². The number of fused-ring (bicyclic) bond motifs is 1. The van der Waals surface area contributed by atoms with E-state index in [1.54, 1.807) is 18.2 Å². The van der Waals surface area contributed by atoms with Gasteiger partial charge in [-0.1, -0.05) is 11.6 Å². The Hall–Kier alpha value is -1.84. The largest absolute Gasteiger partial charge is 0.423 e. The molecule has 1 aliphatic carbocycles. The number of aromatic nitrogens is 1. The normalized spacial score (nSPS) is 20.6. The summed E-state index contributed by atoms with van der Waals surface area (Å²) in [6.07, 6.45) is 3.57. The summed E-state index contributed by atoms with van der Waals surface area (Å²) >= 11 is 5.94. The molecule has 0 radical (unpaired) electrons. The fourth-order valence-electron chi connectivity index (χ4n) is 3.29. The van der Waals surface area contributed by atoms with E-state index in [1.165, 1.54) is 0 Å². The number of carbonyl (C=O) groups excluding carboxylic acids is 1. The molecule has 1 saturated carbocycles. The number of anilines is 1. The average molecular weight is 290 g/mol. The van der Waals surface area contributed by atoms with Gasteiger partial charge in [0.1, 0.15) is 5.52 Å². The monoisotopic (exact) mass is 289 g/mol. The van der Waals surface area contributed by atoms with Crippen molar-refractivity contribution in [3.8, 4) is 0 Å². The van der Waals surface area contributed by atoms with E-state index < -0.39 is 0 Å². The van der Waals surface area contributed by atoms with Crippen molar-refractivity contribution in [3.63, 3.8) is 0 Å². The maximum absolute atomic E-state index is 10.2. The van der Waals surface area contributed by atoms with Gasteiger partial charge >= 0.3 is 0 Å². The van der Waals surface area contributed by atoms with Crippen LogP contribution in [0, 0.1) is 5.41 Å². The van der Waals surface area contributed by atoms with Crippen molar-refractivity contribution < 1.29 is 9.21 Å². The van der Waals surface area contributed by atoms with E-state index in [2.05, 4.69) is 14.9 Å². The Labute approximate surface area is 120 Å². The van der Waals surface area contributed by atoms with Gasteiger partial charge in [0.25, 0.3) is 6.01 Å². The van der Waals surface area contributed by atoms with Crippen LogP contribution in [-0.2, 0) is 4.79 Å². The second kappa shape index (κ2) is 4.08. The SMILES string of the molecule is O=C=NC1CC2(C1)CN(c1nc3cc(Cl)ccc3o1)C2. The topological polar surface area (TPSA) is 58.7 Å². The predicted molar refractivity (Wildman–Crippen MR) is 74.8 cm³/mol. The van der Waals surface area contributed by atoms with Crippen LogP contribution >= 0.6 is 11.6 Å². The zero-order valence-electron chi connectivity index (χ0n) is 10.7. The Morgan fingerprint density at radius 1 is 1.45 bits per heavy atom. The molecule has 0 atom stereocenters. The van der Waals surface area contributed by atoms with Gasteiger partial charge < -0.3 is 9.32 Å². The molecule has 2 fully saturated rings. The first kappa shape index (κ1) is 11.9. The van der Waals surface area contributed by atoms with E-state index in [1.807, 2.05) is 6.07 Å². The molecule has 0 bridgehead atoms. The number of benzene rings is 1. The first-order valence-electron chi connectivity index (χ1n) is 6.56. The number of aliphatic imine (C=N–C) groups is 1. The quantitative estimate of drug-likeness (QED) is 0.630. The molecule has 1 aromatic heterocycles. The summed E-state index contributed by atoms with van der Waals surface area (Å²) in [4.78, 5) is 20.6. The lowest BCUT2D eigenvalue weighted by Crippen LogP contribution is -2.63. The lowest BCUT2D eigenvalue weighted by Gasteiger charge is -2.57. The Morgan fingerprint density at radius 3 is 3.00 bits per heavy atom. The second-order valence-corrected chi connectivity index (χ2v) is 6.18. The number of rotatable bonds is 2. The van der Waals surface area contributed by atoms with Gasteiger partial charge in [-0.15, -0.1) is 0 Å². The summed E-state index contributed by atoms with van der Waals surface area (Å²) in [6, 6.07) is 6.25.